The Balaban J connectivity index is 2.13. The van der Waals surface area contributed by atoms with E-state index in [2.05, 4.69) is 5.32 Å². The molecule has 1 amide bonds. The van der Waals surface area contributed by atoms with Crippen molar-refractivity contribution < 1.29 is 18.0 Å². The van der Waals surface area contributed by atoms with Crippen molar-refractivity contribution in [2.75, 3.05) is 11.6 Å². The number of benzene rings is 2. The molecule has 2 aromatic rings. The van der Waals surface area contributed by atoms with Crippen LogP contribution in [0.3, 0.4) is 0 Å². The highest BCUT2D eigenvalue weighted by molar-refractivity contribution is 7.90. The zero-order chi connectivity index (χ0) is 17.0. The molecule has 6 heteroatoms. The molecular weight excluding hydrogens is 314 g/mol. The topological polar surface area (TPSA) is 80.3 Å². The van der Waals surface area contributed by atoms with E-state index in [9.17, 15) is 18.0 Å². The maximum atomic E-state index is 12.1. The molecule has 0 atom stereocenters. The summed E-state index contributed by atoms with van der Waals surface area (Å²) in [6.45, 7) is 1.47. The van der Waals surface area contributed by atoms with Gasteiger partial charge in [-0.1, -0.05) is 18.2 Å². The first kappa shape index (κ1) is 16.9. The average Bonchev–Trinajstić information content (AvgIpc) is 2.47. The number of carbonyl (C=O) groups is 2. The zero-order valence-electron chi connectivity index (χ0n) is 12.9. The summed E-state index contributed by atoms with van der Waals surface area (Å²) in [6, 6.07) is 12.9. The third kappa shape index (κ3) is 4.50. The van der Waals surface area contributed by atoms with Crippen LogP contribution in [-0.2, 0) is 21.1 Å². The third-order valence-electron chi connectivity index (χ3n) is 3.30. The molecule has 0 bridgehead atoms. The minimum absolute atomic E-state index is 0.0439. The number of hydrogen-bond acceptors (Lipinski definition) is 4. The number of amides is 1. The predicted molar refractivity (Wildman–Crippen MR) is 88.3 cm³/mol. The number of hydrogen-bond donors (Lipinski definition) is 1. The highest BCUT2D eigenvalue weighted by Gasteiger charge is 2.15. The fourth-order valence-electron chi connectivity index (χ4n) is 2.18. The molecule has 0 saturated heterocycles. The summed E-state index contributed by atoms with van der Waals surface area (Å²) in [5.74, 6) is -0.373. The number of rotatable bonds is 5. The summed E-state index contributed by atoms with van der Waals surface area (Å²) in [5, 5.41) is 2.69. The summed E-state index contributed by atoms with van der Waals surface area (Å²) in [4.78, 5) is 23.5. The minimum Gasteiger partial charge on any atom is -0.326 e. The Morgan fingerprint density at radius 3 is 2.17 bits per heavy atom. The molecule has 2 rings (SSSR count). The largest absolute Gasteiger partial charge is 0.326 e. The van der Waals surface area contributed by atoms with E-state index in [4.69, 9.17) is 0 Å². The van der Waals surface area contributed by atoms with E-state index >= 15 is 0 Å². The van der Waals surface area contributed by atoms with E-state index in [1.807, 2.05) is 0 Å². The lowest BCUT2D eigenvalue weighted by Gasteiger charge is -2.09. The lowest BCUT2D eigenvalue weighted by molar-refractivity contribution is -0.115. The average molecular weight is 331 g/mol. The standard InChI is InChI=1S/C17H17NO4S/c1-12(19)13-7-9-15(10-8-13)18-17(20)11-14-5-3-4-6-16(14)23(2,21)22/h3-10H,11H2,1-2H3,(H,18,20). The van der Waals surface area contributed by atoms with E-state index in [0.717, 1.165) is 6.26 Å². The molecule has 0 saturated carbocycles. The monoisotopic (exact) mass is 331 g/mol. The Labute approximate surface area is 135 Å². The highest BCUT2D eigenvalue weighted by Crippen LogP contribution is 2.17. The molecule has 0 heterocycles. The second-order valence-corrected chi connectivity index (χ2v) is 7.22. The lowest BCUT2D eigenvalue weighted by Crippen LogP contribution is -2.16. The van der Waals surface area contributed by atoms with Gasteiger partial charge in [0.1, 0.15) is 0 Å². The molecule has 2 aromatic carbocycles. The van der Waals surface area contributed by atoms with Gasteiger partial charge in [0, 0.05) is 17.5 Å². The molecule has 0 aliphatic heterocycles. The first-order valence-electron chi connectivity index (χ1n) is 6.96. The van der Waals surface area contributed by atoms with E-state index in [0.29, 0.717) is 16.8 Å². The fourth-order valence-corrected chi connectivity index (χ4v) is 3.12. The van der Waals surface area contributed by atoms with Gasteiger partial charge in [0.05, 0.1) is 11.3 Å². The summed E-state index contributed by atoms with van der Waals surface area (Å²) in [6.07, 6.45) is 1.07. The molecule has 23 heavy (non-hydrogen) atoms. The molecule has 120 valence electrons. The van der Waals surface area contributed by atoms with Gasteiger partial charge in [0.25, 0.3) is 0 Å². The molecule has 0 aliphatic rings. The molecule has 0 aromatic heterocycles. The van der Waals surface area contributed by atoms with Crippen molar-refractivity contribution in [3.63, 3.8) is 0 Å². The quantitative estimate of drug-likeness (QED) is 0.854. The maximum Gasteiger partial charge on any atom is 0.228 e. The van der Waals surface area contributed by atoms with Crippen LogP contribution in [0.2, 0.25) is 0 Å². The van der Waals surface area contributed by atoms with E-state index < -0.39 is 9.84 Å². The minimum atomic E-state index is -3.38. The predicted octanol–water partition coefficient (Wildman–Crippen LogP) is 2.47. The normalized spacial score (nSPS) is 11.0. The number of sulfone groups is 1. The lowest BCUT2D eigenvalue weighted by atomic mass is 10.1. The van der Waals surface area contributed by atoms with Crippen molar-refractivity contribution in [2.45, 2.75) is 18.2 Å². The Bertz CT molecular complexity index is 839. The van der Waals surface area contributed by atoms with Crippen molar-refractivity contribution in [1.29, 1.82) is 0 Å². The number of ketones is 1. The molecule has 0 spiro atoms. The van der Waals surface area contributed by atoms with Crippen LogP contribution in [0.5, 0.6) is 0 Å². The molecule has 5 nitrogen and oxygen atoms in total. The van der Waals surface area contributed by atoms with Gasteiger partial charge >= 0.3 is 0 Å². The summed E-state index contributed by atoms with van der Waals surface area (Å²) in [7, 11) is -3.38. The van der Waals surface area contributed by atoms with E-state index in [1.165, 1.54) is 13.0 Å². The van der Waals surface area contributed by atoms with Crippen LogP contribution >= 0.6 is 0 Å². The highest BCUT2D eigenvalue weighted by atomic mass is 32.2. The van der Waals surface area contributed by atoms with Crippen LogP contribution in [0.4, 0.5) is 5.69 Å². The van der Waals surface area contributed by atoms with Crippen LogP contribution in [-0.4, -0.2) is 26.4 Å². The van der Waals surface area contributed by atoms with Gasteiger partial charge in [-0.2, -0.15) is 0 Å². The van der Waals surface area contributed by atoms with Crippen molar-refractivity contribution >= 4 is 27.2 Å². The van der Waals surface area contributed by atoms with Crippen LogP contribution < -0.4 is 5.32 Å². The fraction of sp³-hybridized carbons (Fsp3) is 0.176. The van der Waals surface area contributed by atoms with Crippen LogP contribution in [0, 0.1) is 0 Å². The van der Waals surface area contributed by atoms with Crippen molar-refractivity contribution in [3.05, 3.63) is 59.7 Å². The summed E-state index contributed by atoms with van der Waals surface area (Å²) in [5.41, 5.74) is 1.56. The number of anilines is 1. The van der Waals surface area contributed by atoms with Gasteiger partial charge in [-0.25, -0.2) is 8.42 Å². The third-order valence-corrected chi connectivity index (χ3v) is 4.50. The van der Waals surface area contributed by atoms with Gasteiger partial charge < -0.3 is 5.32 Å². The molecule has 0 unspecified atom stereocenters. The van der Waals surface area contributed by atoms with Gasteiger partial charge in [-0.15, -0.1) is 0 Å². The number of Topliss-reactive ketones (excluding diaryl/α,β-unsaturated/α-hetero) is 1. The Morgan fingerprint density at radius 1 is 1.00 bits per heavy atom. The smallest absolute Gasteiger partial charge is 0.228 e. The molecular formula is C17H17NO4S. The van der Waals surface area contributed by atoms with Gasteiger partial charge in [-0.05, 0) is 42.8 Å². The number of nitrogens with one attached hydrogen (secondary N) is 1. The van der Waals surface area contributed by atoms with Crippen LogP contribution in [0.1, 0.15) is 22.8 Å². The molecule has 0 aliphatic carbocycles. The second kappa shape index (κ2) is 6.75. The Kier molecular flexibility index (Phi) is 4.95. The van der Waals surface area contributed by atoms with E-state index in [1.54, 1.807) is 42.5 Å². The van der Waals surface area contributed by atoms with Gasteiger partial charge in [0.2, 0.25) is 5.91 Å². The Hall–Kier alpha value is -2.47. The first-order chi connectivity index (χ1) is 10.8. The van der Waals surface area contributed by atoms with Crippen LogP contribution in [0.15, 0.2) is 53.4 Å². The molecule has 0 radical (unpaired) electrons. The van der Waals surface area contributed by atoms with Gasteiger partial charge in [0.15, 0.2) is 15.6 Å². The van der Waals surface area contributed by atoms with E-state index in [-0.39, 0.29) is 23.0 Å². The number of carbonyl (C=O) groups excluding carboxylic acids is 2. The summed E-state index contributed by atoms with van der Waals surface area (Å²) >= 11 is 0. The maximum absolute atomic E-state index is 12.1. The molecule has 0 fully saturated rings. The van der Waals surface area contributed by atoms with Crippen molar-refractivity contribution in [3.8, 4) is 0 Å². The zero-order valence-corrected chi connectivity index (χ0v) is 13.7. The Morgan fingerprint density at radius 2 is 1.61 bits per heavy atom. The van der Waals surface area contributed by atoms with Crippen molar-refractivity contribution in [2.24, 2.45) is 0 Å². The summed E-state index contributed by atoms with van der Waals surface area (Å²) < 4.78 is 23.5. The van der Waals surface area contributed by atoms with Crippen molar-refractivity contribution in [1.82, 2.24) is 0 Å². The first-order valence-corrected chi connectivity index (χ1v) is 8.85. The van der Waals surface area contributed by atoms with Crippen LogP contribution in [0.25, 0.3) is 0 Å². The van der Waals surface area contributed by atoms with Gasteiger partial charge in [-0.3, -0.25) is 9.59 Å². The SMILES string of the molecule is CC(=O)c1ccc(NC(=O)Cc2ccccc2S(C)(=O)=O)cc1. The second-order valence-electron chi connectivity index (χ2n) is 5.24. The molecule has 1 N–H and O–H groups in total.